The molecule has 1 saturated heterocycles. The second-order valence-corrected chi connectivity index (χ2v) is 9.23. The molecule has 9 heteroatoms. The van der Waals surface area contributed by atoms with Gasteiger partial charge in [0.25, 0.3) is 0 Å². The van der Waals surface area contributed by atoms with Crippen LogP contribution in [0.4, 0.5) is 13.9 Å². The van der Waals surface area contributed by atoms with Gasteiger partial charge >= 0.3 is 0 Å². The Balaban J connectivity index is 1.31. The predicted molar refractivity (Wildman–Crippen MR) is 125 cm³/mol. The third-order valence-corrected chi connectivity index (χ3v) is 7.11. The quantitative estimate of drug-likeness (QED) is 0.466. The van der Waals surface area contributed by atoms with Gasteiger partial charge in [0.2, 0.25) is 5.91 Å². The van der Waals surface area contributed by atoms with Crippen molar-refractivity contribution in [2.75, 3.05) is 18.0 Å². The van der Waals surface area contributed by atoms with Crippen LogP contribution in [-0.2, 0) is 11.3 Å². The number of aryl methyl sites for hydroxylation is 1. The molecular weight excluding hydrogens is 444 g/mol. The Hall–Kier alpha value is -3.33. The van der Waals surface area contributed by atoms with Gasteiger partial charge in [-0.25, -0.2) is 13.5 Å². The molecule has 2 aromatic carbocycles. The maximum Gasteiger partial charge on any atom is 0.225 e. The van der Waals surface area contributed by atoms with E-state index in [0.717, 1.165) is 51.8 Å². The van der Waals surface area contributed by atoms with Crippen LogP contribution in [0.25, 0.3) is 16.0 Å². The molecule has 0 aliphatic carbocycles. The Morgan fingerprint density at radius 2 is 1.82 bits per heavy atom. The standard InChI is InChI=1S/C24H23F2N5OS/c1-15-21-22(31(29-15)20-10-8-19(26)9-11-20)28-24(33-21)30-12-2-3-17(14-30)23(32)27-13-16-4-6-18(25)7-5-16/h4-11,17H,2-3,12-14H2,1H3,(H,27,32)/t17-/m1/s1. The SMILES string of the molecule is Cc1nn(-c2ccc(F)cc2)c2nc(N3CCC[C@@H](C(=O)NCc4ccc(F)cc4)C3)sc12. The molecule has 1 amide bonds. The zero-order chi connectivity index (χ0) is 22.9. The van der Waals surface area contributed by atoms with Crippen LogP contribution in [0, 0.1) is 24.5 Å². The van der Waals surface area contributed by atoms with Crippen LogP contribution in [-0.4, -0.2) is 33.8 Å². The number of piperidine rings is 1. The molecule has 1 fully saturated rings. The van der Waals surface area contributed by atoms with E-state index in [4.69, 9.17) is 4.98 Å². The summed E-state index contributed by atoms with van der Waals surface area (Å²) < 4.78 is 29.1. The minimum atomic E-state index is -0.296. The zero-order valence-electron chi connectivity index (χ0n) is 18.1. The van der Waals surface area contributed by atoms with E-state index in [1.54, 1.807) is 40.3 Å². The number of fused-ring (bicyclic) bond motifs is 1. The van der Waals surface area contributed by atoms with E-state index in [0.29, 0.717) is 13.1 Å². The van der Waals surface area contributed by atoms with Gasteiger partial charge in [-0.1, -0.05) is 23.5 Å². The number of hydrogen-bond donors (Lipinski definition) is 1. The van der Waals surface area contributed by atoms with Crippen LogP contribution in [0.5, 0.6) is 0 Å². The number of halogens is 2. The molecule has 1 N–H and O–H groups in total. The minimum Gasteiger partial charge on any atom is -0.352 e. The van der Waals surface area contributed by atoms with Crippen LogP contribution in [0.15, 0.2) is 48.5 Å². The van der Waals surface area contributed by atoms with Gasteiger partial charge < -0.3 is 10.2 Å². The summed E-state index contributed by atoms with van der Waals surface area (Å²) in [4.78, 5) is 19.8. The molecule has 4 aromatic rings. The molecule has 33 heavy (non-hydrogen) atoms. The fraction of sp³-hybridized carbons (Fsp3) is 0.292. The molecule has 0 spiro atoms. The van der Waals surface area contributed by atoms with Crippen molar-refractivity contribution >= 4 is 32.7 Å². The maximum atomic E-state index is 13.3. The van der Waals surface area contributed by atoms with Gasteiger partial charge in [0, 0.05) is 19.6 Å². The zero-order valence-corrected chi connectivity index (χ0v) is 18.9. The summed E-state index contributed by atoms with van der Waals surface area (Å²) in [6.45, 7) is 3.74. The molecule has 3 heterocycles. The first-order valence-electron chi connectivity index (χ1n) is 10.9. The predicted octanol–water partition coefficient (Wildman–Crippen LogP) is 4.60. The maximum absolute atomic E-state index is 13.3. The van der Waals surface area contributed by atoms with Crippen molar-refractivity contribution in [1.29, 1.82) is 0 Å². The van der Waals surface area contributed by atoms with E-state index in [1.807, 2.05) is 6.92 Å². The number of carbonyl (C=O) groups excluding carboxylic acids is 1. The summed E-state index contributed by atoms with van der Waals surface area (Å²) in [5, 5.41) is 8.41. The summed E-state index contributed by atoms with van der Waals surface area (Å²) in [5.74, 6) is -0.726. The van der Waals surface area contributed by atoms with Crippen LogP contribution >= 0.6 is 11.3 Å². The number of thiazole rings is 1. The molecule has 170 valence electrons. The Kier molecular flexibility index (Phi) is 5.80. The highest BCUT2D eigenvalue weighted by atomic mass is 32.1. The molecule has 1 aliphatic heterocycles. The third kappa shape index (κ3) is 4.45. The lowest BCUT2D eigenvalue weighted by atomic mass is 9.97. The van der Waals surface area contributed by atoms with Crippen molar-refractivity contribution in [2.45, 2.75) is 26.3 Å². The van der Waals surface area contributed by atoms with Gasteiger partial charge in [-0.15, -0.1) is 0 Å². The number of nitrogens with one attached hydrogen (secondary N) is 1. The van der Waals surface area contributed by atoms with E-state index < -0.39 is 0 Å². The summed E-state index contributed by atoms with van der Waals surface area (Å²) in [6, 6.07) is 12.3. The Morgan fingerprint density at radius 1 is 1.12 bits per heavy atom. The largest absolute Gasteiger partial charge is 0.352 e. The van der Waals surface area contributed by atoms with Crippen molar-refractivity contribution < 1.29 is 13.6 Å². The topological polar surface area (TPSA) is 63.1 Å². The highest BCUT2D eigenvalue weighted by Gasteiger charge is 2.28. The fourth-order valence-electron chi connectivity index (χ4n) is 4.12. The average molecular weight is 468 g/mol. The molecule has 1 atom stereocenters. The highest BCUT2D eigenvalue weighted by molar-refractivity contribution is 7.22. The smallest absolute Gasteiger partial charge is 0.225 e. The van der Waals surface area contributed by atoms with E-state index in [-0.39, 0.29) is 23.5 Å². The molecular formula is C24H23F2N5OS. The van der Waals surface area contributed by atoms with Crippen LogP contribution < -0.4 is 10.2 Å². The highest BCUT2D eigenvalue weighted by Crippen LogP contribution is 2.34. The summed E-state index contributed by atoms with van der Waals surface area (Å²) in [6.07, 6.45) is 1.71. The molecule has 2 aromatic heterocycles. The molecule has 1 aliphatic rings. The lowest BCUT2D eigenvalue weighted by molar-refractivity contribution is -0.125. The first-order valence-corrected chi connectivity index (χ1v) is 11.7. The van der Waals surface area contributed by atoms with E-state index in [2.05, 4.69) is 15.3 Å². The lowest BCUT2D eigenvalue weighted by Crippen LogP contribution is -2.43. The number of anilines is 1. The summed E-state index contributed by atoms with van der Waals surface area (Å²) in [5.41, 5.74) is 3.22. The van der Waals surface area contributed by atoms with Gasteiger partial charge in [0.15, 0.2) is 10.8 Å². The molecule has 0 radical (unpaired) electrons. The van der Waals surface area contributed by atoms with Gasteiger partial charge in [0.05, 0.1) is 22.0 Å². The average Bonchev–Trinajstić information content (AvgIpc) is 3.40. The minimum absolute atomic E-state index is 0.00111. The first-order chi connectivity index (χ1) is 16.0. The monoisotopic (exact) mass is 467 g/mol. The molecule has 0 unspecified atom stereocenters. The number of nitrogens with zero attached hydrogens (tertiary/aromatic N) is 4. The molecule has 0 saturated carbocycles. The Bertz CT molecular complexity index is 1280. The van der Waals surface area contributed by atoms with Crippen molar-refractivity contribution in [3.63, 3.8) is 0 Å². The number of benzene rings is 2. The lowest BCUT2D eigenvalue weighted by Gasteiger charge is -2.31. The van der Waals surface area contributed by atoms with Crippen molar-refractivity contribution in [3.8, 4) is 5.69 Å². The van der Waals surface area contributed by atoms with E-state index in [9.17, 15) is 13.6 Å². The van der Waals surface area contributed by atoms with Crippen LogP contribution in [0.3, 0.4) is 0 Å². The summed E-state index contributed by atoms with van der Waals surface area (Å²) in [7, 11) is 0. The van der Waals surface area contributed by atoms with Crippen LogP contribution in [0.2, 0.25) is 0 Å². The van der Waals surface area contributed by atoms with Gasteiger partial charge in [0.1, 0.15) is 11.6 Å². The normalized spacial score (nSPS) is 16.3. The van der Waals surface area contributed by atoms with Crippen molar-refractivity contribution in [3.05, 3.63) is 71.4 Å². The van der Waals surface area contributed by atoms with Crippen molar-refractivity contribution in [1.82, 2.24) is 20.1 Å². The third-order valence-electron chi connectivity index (χ3n) is 5.89. The number of rotatable bonds is 5. The van der Waals surface area contributed by atoms with E-state index >= 15 is 0 Å². The summed E-state index contributed by atoms with van der Waals surface area (Å²) >= 11 is 1.56. The second kappa shape index (κ2) is 8.90. The Morgan fingerprint density at radius 3 is 2.55 bits per heavy atom. The number of amides is 1. The Labute approximate surface area is 193 Å². The van der Waals surface area contributed by atoms with E-state index in [1.165, 1.54) is 24.3 Å². The molecule has 6 nitrogen and oxygen atoms in total. The second-order valence-electron chi connectivity index (χ2n) is 8.25. The molecule has 5 rings (SSSR count). The fourth-order valence-corrected chi connectivity index (χ4v) is 5.14. The van der Waals surface area contributed by atoms with Crippen LogP contribution in [0.1, 0.15) is 24.1 Å². The van der Waals surface area contributed by atoms with Gasteiger partial charge in [-0.05, 0) is 61.7 Å². The number of carbonyl (C=O) groups is 1. The first kappa shape index (κ1) is 21.5. The molecule has 0 bridgehead atoms. The van der Waals surface area contributed by atoms with Gasteiger partial charge in [-0.3, -0.25) is 4.79 Å². The van der Waals surface area contributed by atoms with Crippen molar-refractivity contribution in [2.24, 2.45) is 5.92 Å². The number of hydrogen-bond acceptors (Lipinski definition) is 5. The number of aromatic nitrogens is 3. The van der Waals surface area contributed by atoms with Gasteiger partial charge in [-0.2, -0.15) is 10.1 Å².